The van der Waals surface area contributed by atoms with Gasteiger partial charge in [0.05, 0.1) is 11.6 Å². The first-order valence-corrected chi connectivity index (χ1v) is 9.60. The van der Waals surface area contributed by atoms with Crippen molar-refractivity contribution < 1.29 is 13.2 Å². The molecule has 1 aromatic carbocycles. The van der Waals surface area contributed by atoms with Gasteiger partial charge in [0.25, 0.3) is 0 Å². The average Bonchev–Trinajstić information content (AvgIpc) is 2.53. The van der Waals surface area contributed by atoms with E-state index in [1.165, 1.54) is 32.1 Å². The molecule has 0 radical (unpaired) electrons. The van der Waals surface area contributed by atoms with Crippen LogP contribution in [0.1, 0.15) is 0 Å². The van der Waals surface area contributed by atoms with Gasteiger partial charge in [-0.05, 0) is 36.4 Å². The molecule has 0 amide bonds. The topological polar surface area (TPSA) is 59.5 Å². The quantitative estimate of drug-likeness (QED) is 0.552. The fraction of sp³-hybridized carbons (Fsp3) is 0.267. The molecule has 0 unspecified atom stereocenters. The fourth-order valence-electron chi connectivity index (χ4n) is 1.65. The van der Waals surface area contributed by atoms with Crippen molar-refractivity contribution in [1.82, 2.24) is 9.29 Å². The summed E-state index contributed by atoms with van der Waals surface area (Å²) < 4.78 is 30.6. The Bertz CT molecular complexity index is 732. The van der Waals surface area contributed by atoms with Gasteiger partial charge in [-0.2, -0.15) is 0 Å². The number of thioether (sulfide) groups is 1. The molecule has 0 aliphatic carbocycles. The van der Waals surface area contributed by atoms with Gasteiger partial charge in [-0.15, -0.1) is 11.8 Å². The Balaban J connectivity index is 1.84. The van der Waals surface area contributed by atoms with Gasteiger partial charge < -0.3 is 4.74 Å². The van der Waals surface area contributed by atoms with Crippen molar-refractivity contribution in [3.8, 4) is 5.75 Å². The second kappa shape index (κ2) is 8.01. The van der Waals surface area contributed by atoms with Crippen molar-refractivity contribution in [2.45, 2.75) is 9.92 Å². The van der Waals surface area contributed by atoms with Gasteiger partial charge in [-0.25, -0.2) is 17.7 Å². The highest BCUT2D eigenvalue weighted by atomic mass is 35.5. The molecule has 0 saturated heterocycles. The summed E-state index contributed by atoms with van der Waals surface area (Å²) in [5.41, 5.74) is 0. The van der Waals surface area contributed by atoms with Crippen molar-refractivity contribution >= 4 is 33.4 Å². The van der Waals surface area contributed by atoms with Crippen molar-refractivity contribution in [2.24, 2.45) is 0 Å². The Morgan fingerprint density at radius 1 is 1.17 bits per heavy atom. The van der Waals surface area contributed by atoms with E-state index in [9.17, 15) is 8.42 Å². The number of sulfonamides is 1. The summed E-state index contributed by atoms with van der Waals surface area (Å²) in [6.45, 7) is 0.520. The minimum Gasteiger partial charge on any atom is -0.493 e. The van der Waals surface area contributed by atoms with Crippen LogP contribution in [0.4, 0.5) is 0 Å². The Kier molecular flexibility index (Phi) is 6.29. The second-order valence-corrected chi connectivity index (χ2v) is 8.47. The molecule has 1 heterocycles. The number of nitrogens with zero attached hydrogens (tertiary/aromatic N) is 2. The van der Waals surface area contributed by atoms with Crippen LogP contribution in [0.2, 0.25) is 5.02 Å². The lowest BCUT2D eigenvalue weighted by atomic mass is 10.3. The highest BCUT2D eigenvalue weighted by molar-refractivity contribution is 7.99. The van der Waals surface area contributed by atoms with E-state index in [0.717, 1.165) is 15.1 Å². The molecule has 0 spiro atoms. The summed E-state index contributed by atoms with van der Waals surface area (Å²) in [6.07, 6.45) is 1.37. The second-order valence-electron chi connectivity index (χ2n) is 4.77. The Labute approximate surface area is 145 Å². The molecule has 5 nitrogen and oxygen atoms in total. The standard InChI is InChI=1S/C15H17ClN2O3S2/c1-18(2)23(19,20)14-7-8-15(17-11-14)22-10-9-21-13-5-3-12(16)4-6-13/h3-8,11H,9-10H2,1-2H3. The largest absolute Gasteiger partial charge is 0.493 e. The lowest BCUT2D eigenvalue weighted by Gasteiger charge is -2.11. The predicted octanol–water partition coefficient (Wildman–Crippen LogP) is 3.16. The summed E-state index contributed by atoms with van der Waals surface area (Å²) in [7, 11) is -0.448. The first kappa shape index (κ1) is 18.1. The van der Waals surface area contributed by atoms with Gasteiger partial charge in [-0.1, -0.05) is 11.6 Å². The third kappa shape index (κ3) is 5.10. The maximum atomic E-state index is 11.9. The van der Waals surface area contributed by atoms with E-state index in [4.69, 9.17) is 16.3 Å². The van der Waals surface area contributed by atoms with Crippen LogP contribution >= 0.6 is 23.4 Å². The summed E-state index contributed by atoms with van der Waals surface area (Å²) >= 11 is 7.30. The maximum Gasteiger partial charge on any atom is 0.244 e. The molecular weight excluding hydrogens is 356 g/mol. The van der Waals surface area contributed by atoms with Crippen molar-refractivity contribution in [2.75, 3.05) is 26.5 Å². The SMILES string of the molecule is CN(C)S(=O)(=O)c1ccc(SCCOc2ccc(Cl)cc2)nc1. The van der Waals surface area contributed by atoms with E-state index in [0.29, 0.717) is 17.4 Å². The van der Waals surface area contributed by atoms with Crippen LogP contribution in [0.3, 0.4) is 0 Å². The van der Waals surface area contributed by atoms with Crippen LogP contribution in [-0.4, -0.2) is 44.2 Å². The van der Waals surface area contributed by atoms with Crippen molar-refractivity contribution in [1.29, 1.82) is 0 Å². The van der Waals surface area contributed by atoms with Crippen LogP contribution in [0, 0.1) is 0 Å². The minimum absolute atomic E-state index is 0.185. The monoisotopic (exact) mass is 372 g/mol. The molecule has 23 heavy (non-hydrogen) atoms. The first-order valence-electron chi connectivity index (χ1n) is 6.79. The highest BCUT2D eigenvalue weighted by Gasteiger charge is 2.17. The summed E-state index contributed by atoms with van der Waals surface area (Å²) in [6, 6.07) is 10.4. The summed E-state index contributed by atoms with van der Waals surface area (Å²) in [5.74, 6) is 1.46. The highest BCUT2D eigenvalue weighted by Crippen LogP contribution is 2.20. The lowest BCUT2D eigenvalue weighted by molar-refractivity contribution is 0.344. The van der Waals surface area contributed by atoms with Crippen LogP contribution in [0.25, 0.3) is 0 Å². The zero-order valence-corrected chi connectivity index (χ0v) is 15.2. The van der Waals surface area contributed by atoms with Crippen molar-refractivity contribution in [3.63, 3.8) is 0 Å². The van der Waals surface area contributed by atoms with Gasteiger partial charge in [-0.3, -0.25) is 0 Å². The predicted molar refractivity (Wildman–Crippen MR) is 92.8 cm³/mol. The van der Waals surface area contributed by atoms with Gasteiger partial charge in [0.15, 0.2) is 0 Å². The molecular formula is C15H17ClN2O3S2. The number of hydrogen-bond donors (Lipinski definition) is 0. The fourth-order valence-corrected chi connectivity index (χ4v) is 3.29. The zero-order chi connectivity index (χ0) is 16.9. The smallest absolute Gasteiger partial charge is 0.244 e. The van der Waals surface area contributed by atoms with E-state index in [2.05, 4.69) is 4.98 Å². The number of halogens is 1. The maximum absolute atomic E-state index is 11.9. The van der Waals surface area contributed by atoms with E-state index in [1.54, 1.807) is 24.3 Å². The number of hydrogen-bond acceptors (Lipinski definition) is 5. The zero-order valence-electron chi connectivity index (χ0n) is 12.8. The number of pyridine rings is 1. The molecule has 2 rings (SSSR count). The third-order valence-corrected chi connectivity index (χ3v) is 5.86. The Morgan fingerprint density at radius 3 is 2.43 bits per heavy atom. The van der Waals surface area contributed by atoms with E-state index < -0.39 is 10.0 Å². The molecule has 0 aliphatic rings. The number of rotatable bonds is 7. The molecule has 0 fully saturated rings. The Morgan fingerprint density at radius 2 is 1.87 bits per heavy atom. The number of aromatic nitrogens is 1. The minimum atomic E-state index is -3.43. The van der Waals surface area contributed by atoms with Gasteiger partial charge in [0, 0.05) is 31.1 Å². The van der Waals surface area contributed by atoms with Crippen molar-refractivity contribution in [3.05, 3.63) is 47.6 Å². The third-order valence-electron chi connectivity index (χ3n) is 2.90. The van der Waals surface area contributed by atoms with Gasteiger partial charge in [0.2, 0.25) is 10.0 Å². The van der Waals surface area contributed by atoms with Crippen LogP contribution in [0.5, 0.6) is 5.75 Å². The molecule has 8 heteroatoms. The number of ether oxygens (including phenoxy) is 1. The molecule has 0 aliphatic heterocycles. The lowest BCUT2D eigenvalue weighted by Crippen LogP contribution is -2.22. The normalized spacial score (nSPS) is 11.7. The van der Waals surface area contributed by atoms with E-state index in [1.807, 2.05) is 12.1 Å². The Hall–Kier alpha value is -1.28. The van der Waals surface area contributed by atoms with Gasteiger partial charge >= 0.3 is 0 Å². The van der Waals surface area contributed by atoms with Crippen LogP contribution in [-0.2, 0) is 10.0 Å². The molecule has 124 valence electrons. The number of benzene rings is 1. The van der Waals surface area contributed by atoms with Crippen LogP contribution < -0.4 is 4.74 Å². The average molecular weight is 373 g/mol. The van der Waals surface area contributed by atoms with E-state index in [-0.39, 0.29) is 4.90 Å². The molecule has 1 aromatic heterocycles. The molecule has 0 bridgehead atoms. The van der Waals surface area contributed by atoms with Crippen LogP contribution in [0.15, 0.2) is 52.5 Å². The molecule has 0 saturated carbocycles. The first-order chi connectivity index (χ1) is 10.9. The van der Waals surface area contributed by atoms with Gasteiger partial charge in [0.1, 0.15) is 10.6 Å². The summed E-state index contributed by atoms with van der Waals surface area (Å²) in [5, 5.41) is 1.42. The molecule has 0 N–H and O–H groups in total. The molecule has 0 atom stereocenters. The molecule has 2 aromatic rings. The van der Waals surface area contributed by atoms with E-state index >= 15 is 0 Å². The summed E-state index contributed by atoms with van der Waals surface area (Å²) in [4.78, 5) is 4.35.